The molecular weight excluding hydrogens is 306 g/mol. The second kappa shape index (κ2) is 5.88. The van der Waals surface area contributed by atoms with Crippen LogP contribution < -0.4 is 0 Å². The predicted molar refractivity (Wildman–Crippen MR) is 82.4 cm³/mol. The third kappa shape index (κ3) is 3.18. The summed E-state index contributed by atoms with van der Waals surface area (Å²) >= 11 is 1.57. The van der Waals surface area contributed by atoms with Crippen LogP contribution >= 0.6 is 11.3 Å². The summed E-state index contributed by atoms with van der Waals surface area (Å²) in [6.07, 6.45) is 1.84. The highest BCUT2D eigenvalue weighted by molar-refractivity contribution is 7.89. The minimum absolute atomic E-state index is 0.106. The molecule has 0 amide bonds. The Hall–Kier alpha value is -1.21. The molecule has 0 bridgehead atoms. The highest BCUT2D eigenvalue weighted by Gasteiger charge is 2.38. The lowest BCUT2D eigenvalue weighted by Gasteiger charge is -2.21. The molecule has 1 fully saturated rings. The van der Waals surface area contributed by atoms with Crippen molar-refractivity contribution in [1.82, 2.24) is 4.31 Å². The van der Waals surface area contributed by atoms with Crippen LogP contribution in [0.1, 0.15) is 23.3 Å². The van der Waals surface area contributed by atoms with E-state index in [2.05, 4.69) is 0 Å². The summed E-state index contributed by atoms with van der Waals surface area (Å²) in [5.74, 6) is 0. The summed E-state index contributed by atoms with van der Waals surface area (Å²) in [6, 6.07) is 10.5. The number of hydrogen-bond donors (Lipinski definition) is 1. The first-order valence-corrected chi connectivity index (χ1v) is 9.17. The summed E-state index contributed by atoms with van der Waals surface area (Å²) in [4.78, 5) is 1.31. The number of sulfonamides is 1. The van der Waals surface area contributed by atoms with Crippen molar-refractivity contribution in [3.63, 3.8) is 0 Å². The molecule has 21 heavy (non-hydrogen) atoms. The summed E-state index contributed by atoms with van der Waals surface area (Å²) in [7, 11) is -3.52. The molecule has 1 N–H and O–H groups in total. The first kappa shape index (κ1) is 14.7. The van der Waals surface area contributed by atoms with E-state index in [1.54, 1.807) is 39.9 Å². The summed E-state index contributed by atoms with van der Waals surface area (Å²) in [5, 5.41) is 11.1. The van der Waals surface area contributed by atoms with Gasteiger partial charge in [0, 0.05) is 17.5 Å². The molecule has 4 nitrogen and oxygen atoms in total. The predicted octanol–water partition coefficient (Wildman–Crippen LogP) is 2.59. The van der Waals surface area contributed by atoms with Crippen molar-refractivity contribution < 1.29 is 13.5 Å². The second-order valence-corrected chi connectivity index (χ2v) is 8.09. The summed E-state index contributed by atoms with van der Waals surface area (Å²) < 4.78 is 27.3. The lowest BCUT2D eigenvalue weighted by atomic mass is 10.2. The van der Waals surface area contributed by atoms with Crippen LogP contribution in [0.5, 0.6) is 0 Å². The van der Waals surface area contributed by atoms with Crippen molar-refractivity contribution in [2.24, 2.45) is 0 Å². The quantitative estimate of drug-likeness (QED) is 0.889. The van der Waals surface area contributed by atoms with E-state index in [-0.39, 0.29) is 17.5 Å². The summed E-state index contributed by atoms with van der Waals surface area (Å²) in [5.41, 5.74) is 0.614. The molecule has 1 heterocycles. The van der Waals surface area contributed by atoms with E-state index < -0.39 is 10.0 Å². The van der Waals surface area contributed by atoms with E-state index in [1.807, 2.05) is 17.5 Å². The van der Waals surface area contributed by atoms with Gasteiger partial charge in [-0.2, -0.15) is 4.31 Å². The smallest absolute Gasteiger partial charge is 0.243 e. The molecule has 0 saturated heterocycles. The van der Waals surface area contributed by atoms with Gasteiger partial charge in [0.1, 0.15) is 0 Å². The van der Waals surface area contributed by atoms with Crippen molar-refractivity contribution in [2.75, 3.05) is 0 Å². The lowest BCUT2D eigenvalue weighted by molar-refractivity contribution is 0.281. The third-order valence-electron chi connectivity index (χ3n) is 3.53. The molecule has 112 valence electrons. The molecular formula is C15H17NO3S2. The van der Waals surface area contributed by atoms with Crippen molar-refractivity contribution in [3.8, 4) is 0 Å². The van der Waals surface area contributed by atoms with Gasteiger partial charge in [-0.05, 0) is 42.0 Å². The zero-order valence-corrected chi connectivity index (χ0v) is 13.1. The molecule has 1 aromatic carbocycles. The topological polar surface area (TPSA) is 57.6 Å². The largest absolute Gasteiger partial charge is 0.392 e. The van der Waals surface area contributed by atoms with E-state index >= 15 is 0 Å². The van der Waals surface area contributed by atoms with Crippen LogP contribution in [-0.4, -0.2) is 23.9 Å². The first-order valence-electron chi connectivity index (χ1n) is 6.85. The Balaban J connectivity index is 1.93. The standard InChI is InChI=1S/C15H17NO3S2/c17-11-12-3-1-5-15(9-12)21(18,19)16(13-6-7-13)10-14-4-2-8-20-14/h1-5,8-9,13,17H,6-7,10-11H2. The second-order valence-electron chi connectivity index (χ2n) is 5.17. The zero-order chi connectivity index (χ0) is 14.9. The number of benzene rings is 1. The average molecular weight is 323 g/mol. The van der Waals surface area contributed by atoms with Crippen molar-refractivity contribution in [1.29, 1.82) is 0 Å². The molecule has 0 aliphatic heterocycles. The molecule has 1 saturated carbocycles. The van der Waals surface area contributed by atoms with E-state index in [0.717, 1.165) is 17.7 Å². The molecule has 0 radical (unpaired) electrons. The van der Waals surface area contributed by atoms with E-state index in [9.17, 15) is 13.5 Å². The van der Waals surface area contributed by atoms with Crippen molar-refractivity contribution in [2.45, 2.75) is 36.9 Å². The van der Waals surface area contributed by atoms with Gasteiger partial charge in [-0.1, -0.05) is 18.2 Å². The van der Waals surface area contributed by atoms with Gasteiger partial charge in [0.25, 0.3) is 0 Å². The lowest BCUT2D eigenvalue weighted by Crippen LogP contribution is -2.32. The van der Waals surface area contributed by atoms with Crippen molar-refractivity contribution >= 4 is 21.4 Å². The van der Waals surface area contributed by atoms with Gasteiger partial charge in [-0.25, -0.2) is 8.42 Å². The van der Waals surface area contributed by atoms with Gasteiger partial charge in [-0.3, -0.25) is 0 Å². The van der Waals surface area contributed by atoms with Crippen LogP contribution in [0.4, 0.5) is 0 Å². The van der Waals surface area contributed by atoms with E-state index in [0.29, 0.717) is 12.1 Å². The normalized spacial score (nSPS) is 15.5. The number of aliphatic hydroxyl groups excluding tert-OH is 1. The molecule has 2 aromatic rings. The van der Waals surface area contributed by atoms with Gasteiger partial charge >= 0.3 is 0 Å². The Bertz CT molecular complexity index is 706. The zero-order valence-electron chi connectivity index (χ0n) is 11.5. The van der Waals surface area contributed by atoms with Crippen LogP contribution in [0, 0.1) is 0 Å². The monoisotopic (exact) mass is 323 g/mol. The van der Waals surface area contributed by atoms with Gasteiger partial charge < -0.3 is 5.11 Å². The molecule has 1 aromatic heterocycles. The number of thiophene rings is 1. The number of aliphatic hydroxyl groups is 1. The van der Waals surface area contributed by atoms with Crippen LogP contribution in [0.15, 0.2) is 46.7 Å². The molecule has 1 aliphatic carbocycles. The highest BCUT2D eigenvalue weighted by Crippen LogP contribution is 2.34. The average Bonchev–Trinajstić information content (AvgIpc) is 3.20. The van der Waals surface area contributed by atoms with Crippen LogP contribution in [-0.2, 0) is 23.2 Å². The Kier molecular flexibility index (Phi) is 4.12. The number of rotatable bonds is 6. The van der Waals surface area contributed by atoms with Gasteiger partial charge in [0.05, 0.1) is 11.5 Å². The Morgan fingerprint density at radius 1 is 1.24 bits per heavy atom. The maximum Gasteiger partial charge on any atom is 0.243 e. The number of hydrogen-bond acceptors (Lipinski definition) is 4. The maximum atomic E-state index is 12.9. The molecule has 0 spiro atoms. The van der Waals surface area contributed by atoms with Gasteiger partial charge in [-0.15, -0.1) is 11.3 Å². The SMILES string of the molecule is O=S(=O)(c1cccc(CO)c1)N(Cc1cccs1)C1CC1. The summed E-state index contributed by atoms with van der Waals surface area (Å²) in [6.45, 7) is 0.270. The van der Waals surface area contributed by atoms with Gasteiger partial charge in [0.2, 0.25) is 10.0 Å². The fourth-order valence-corrected chi connectivity index (χ4v) is 4.79. The molecule has 0 unspecified atom stereocenters. The third-order valence-corrected chi connectivity index (χ3v) is 6.29. The van der Waals surface area contributed by atoms with E-state index in [1.165, 1.54) is 0 Å². The highest BCUT2D eigenvalue weighted by atomic mass is 32.2. The number of nitrogens with zero attached hydrogens (tertiary/aromatic N) is 1. The minimum atomic E-state index is -3.52. The molecule has 6 heteroatoms. The van der Waals surface area contributed by atoms with Gasteiger partial charge in [0.15, 0.2) is 0 Å². The fourth-order valence-electron chi connectivity index (χ4n) is 2.27. The first-order chi connectivity index (χ1) is 10.1. The van der Waals surface area contributed by atoms with Crippen LogP contribution in [0.2, 0.25) is 0 Å². The maximum absolute atomic E-state index is 12.9. The molecule has 0 atom stereocenters. The Morgan fingerprint density at radius 2 is 2.05 bits per heavy atom. The Morgan fingerprint density at radius 3 is 2.67 bits per heavy atom. The Labute approximate surface area is 128 Å². The molecule has 1 aliphatic rings. The van der Waals surface area contributed by atoms with Crippen LogP contribution in [0.25, 0.3) is 0 Å². The molecule has 3 rings (SSSR count). The van der Waals surface area contributed by atoms with Crippen molar-refractivity contribution in [3.05, 3.63) is 52.2 Å². The van der Waals surface area contributed by atoms with E-state index in [4.69, 9.17) is 0 Å². The van der Waals surface area contributed by atoms with Crippen LogP contribution in [0.3, 0.4) is 0 Å². The minimum Gasteiger partial charge on any atom is -0.392 e. The fraction of sp³-hybridized carbons (Fsp3) is 0.333.